The number of carbonyl (C=O) groups excluding carboxylic acids is 4. The molecule has 1 fully saturated rings. The molecule has 4 atom stereocenters. The van der Waals surface area contributed by atoms with E-state index in [0.717, 1.165) is 17.5 Å². The van der Waals surface area contributed by atoms with Crippen molar-refractivity contribution < 1.29 is 47.0 Å². The van der Waals surface area contributed by atoms with Crippen LogP contribution in [0.2, 0.25) is 0 Å². The number of hydrogen-bond acceptors (Lipinski definition) is 11. The summed E-state index contributed by atoms with van der Waals surface area (Å²) in [5, 5.41) is 5.61. The van der Waals surface area contributed by atoms with Crippen LogP contribution in [0.25, 0.3) is 0 Å². The summed E-state index contributed by atoms with van der Waals surface area (Å²) in [6.45, 7) is 0.720. The first-order valence-corrected chi connectivity index (χ1v) is 17.0. The first-order valence-electron chi connectivity index (χ1n) is 15.9. The highest BCUT2D eigenvalue weighted by molar-refractivity contribution is 7.33. The Hall–Kier alpha value is -4.48. The van der Waals surface area contributed by atoms with E-state index >= 15 is 0 Å². The van der Waals surface area contributed by atoms with Crippen molar-refractivity contribution in [2.45, 2.75) is 63.4 Å². The lowest BCUT2D eigenvalue weighted by Crippen LogP contribution is -2.37. The van der Waals surface area contributed by atoms with Gasteiger partial charge in [-0.3, -0.25) is 0 Å². The van der Waals surface area contributed by atoms with E-state index in [9.17, 15) is 23.7 Å². The number of unbranched alkanes of at least 4 members (excludes halogenated alkanes) is 1. The summed E-state index contributed by atoms with van der Waals surface area (Å²) in [6, 6.07) is 26.4. The Labute approximate surface area is 280 Å². The predicted molar refractivity (Wildman–Crippen MR) is 175 cm³/mol. The summed E-state index contributed by atoms with van der Waals surface area (Å²) < 4.78 is 39.8. The van der Waals surface area contributed by atoms with Gasteiger partial charge in [0.1, 0.15) is 25.4 Å². The molecule has 2 N–H and O–H groups in total. The summed E-state index contributed by atoms with van der Waals surface area (Å²) in [4.78, 5) is 50.3. The average Bonchev–Trinajstić information content (AvgIpc) is 3.66. The molecule has 3 unspecified atom stereocenters. The maximum atomic E-state index is 13.0. The molecule has 1 amide bonds. The fraction of sp³-hybridized carbons (Fsp3) is 0.371. The van der Waals surface area contributed by atoms with Crippen molar-refractivity contribution in [1.29, 1.82) is 0 Å². The first-order chi connectivity index (χ1) is 23.4. The highest BCUT2D eigenvalue weighted by Crippen LogP contribution is 2.30. The third-order valence-corrected chi connectivity index (χ3v) is 8.14. The van der Waals surface area contributed by atoms with Crippen LogP contribution in [-0.2, 0) is 50.4 Å². The third kappa shape index (κ3) is 13.0. The van der Waals surface area contributed by atoms with Crippen molar-refractivity contribution in [2.24, 2.45) is 0 Å². The van der Waals surface area contributed by atoms with Crippen molar-refractivity contribution in [3.05, 3.63) is 108 Å². The van der Waals surface area contributed by atoms with Crippen molar-refractivity contribution in [2.75, 3.05) is 19.7 Å². The van der Waals surface area contributed by atoms with Gasteiger partial charge in [0.05, 0.1) is 5.56 Å². The van der Waals surface area contributed by atoms with Gasteiger partial charge < -0.3 is 24.8 Å². The van der Waals surface area contributed by atoms with Crippen LogP contribution >= 0.6 is 8.25 Å². The lowest BCUT2D eigenvalue weighted by Gasteiger charge is -2.16. The molecule has 48 heavy (non-hydrogen) atoms. The zero-order valence-corrected chi connectivity index (χ0v) is 27.4. The first kappa shape index (κ1) is 36.4. The lowest BCUT2D eigenvalue weighted by molar-refractivity contribution is -0.166. The Morgan fingerprint density at radius 2 is 1.54 bits per heavy atom. The van der Waals surface area contributed by atoms with Gasteiger partial charge in [-0.15, -0.1) is 9.05 Å². The molecule has 0 spiro atoms. The zero-order chi connectivity index (χ0) is 34.0. The molecule has 13 heteroatoms. The monoisotopic (exact) mass is 679 g/mol. The van der Waals surface area contributed by atoms with E-state index in [1.165, 1.54) is 0 Å². The number of hydrogen-bond donors (Lipinski definition) is 2. The van der Waals surface area contributed by atoms with E-state index in [2.05, 4.69) is 10.6 Å². The molecule has 0 aromatic heterocycles. The number of nitrogens with one attached hydrogen (secondary N) is 2. The maximum Gasteiger partial charge on any atom is 0.698 e. The van der Waals surface area contributed by atoms with Gasteiger partial charge in [-0.1, -0.05) is 78.9 Å². The van der Waals surface area contributed by atoms with Crippen LogP contribution in [-0.4, -0.2) is 61.9 Å². The third-order valence-electron chi connectivity index (χ3n) is 7.35. The van der Waals surface area contributed by atoms with Crippen LogP contribution in [0.1, 0.15) is 53.6 Å². The second kappa shape index (κ2) is 20.0. The van der Waals surface area contributed by atoms with E-state index in [1.807, 2.05) is 60.7 Å². The Morgan fingerprint density at radius 3 is 2.21 bits per heavy atom. The Morgan fingerprint density at radius 1 is 0.875 bits per heavy atom. The summed E-state index contributed by atoms with van der Waals surface area (Å²) in [7, 11) is -2.89. The predicted octanol–water partition coefficient (Wildman–Crippen LogP) is 5.43. The lowest BCUT2D eigenvalue weighted by atomic mass is 10.1. The molecule has 0 aliphatic carbocycles. The molecule has 254 valence electrons. The van der Waals surface area contributed by atoms with Gasteiger partial charge in [-0.2, -0.15) is 0 Å². The minimum atomic E-state index is -2.89. The Balaban J connectivity index is 1.29. The van der Waals surface area contributed by atoms with Gasteiger partial charge in [0, 0.05) is 17.5 Å². The van der Waals surface area contributed by atoms with Crippen LogP contribution in [0.4, 0.5) is 4.79 Å². The van der Waals surface area contributed by atoms with Gasteiger partial charge in [-0.05, 0) is 61.9 Å². The van der Waals surface area contributed by atoms with Gasteiger partial charge in [-0.25, -0.2) is 19.2 Å². The van der Waals surface area contributed by atoms with E-state index in [1.54, 1.807) is 30.3 Å². The molecule has 3 aromatic carbocycles. The summed E-state index contributed by atoms with van der Waals surface area (Å²) in [6.07, 6.45) is -0.404. The molecular weight excluding hydrogens is 639 g/mol. The van der Waals surface area contributed by atoms with Gasteiger partial charge in [0.15, 0.2) is 0 Å². The molecular formula is C35H40N2O10P+. The van der Waals surface area contributed by atoms with Crippen LogP contribution in [0.15, 0.2) is 91.0 Å². The SMILES string of the molecule is O=C(NCCCCC(O[P+](=O)OCC(Cc1ccccc1)OC(=O)c1ccccc1)C(=O)OC(=O)[C@@H]1CCCN1)OCc1ccccc1. The van der Waals surface area contributed by atoms with Crippen molar-refractivity contribution >= 4 is 32.3 Å². The molecule has 0 radical (unpaired) electrons. The normalized spacial score (nSPS) is 15.5. The molecule has 4 rings (SSSR count). The van der Waals surface area contributed by atoms with Crippen LogP contribution < -0.4 is 10.6 Å². The van der Waals surface area contributed by atoms with E-state index < -0.39 is 50.5 Å². The van der Waals surface area contributed by atoms with Crippen molar-refractivity contribution in [3.63, 3.8) is 0 Å². The topological polar surface area (TPSA) is 156 Å². The molecule has 3 aromatic rings. The molecule has 0 saturated carbocycles. The smallest absolute Gasteiger partial charge is 0.456 e. The number of carbonyl (C=O) groups is 4. The number of benzene rings is 3. The quantitative estimate of drug-likeness (QED) is 0.0581. The number of esters is 3. The van der Waals surface area contributed by atoms with E-state index in [0.29, 0.717) is 31.4 Å². The minimum Gasteiger partial charge on any atom is -0.456 e. The average molecular weight is 680 g/mol. The molecule has 1 heterocycles. The van der Waals surface area contributed by atoms with Gasteiger partial charge >= 0.3 is 32.3 Å². The molecule has 12 nitrogen and oxygen atoms in total. The van der Waals surface area contributed by atoms with Crippen LogP contribution in [0, 0.1) is 0 Å². The fourth-order valence-electron chi connectivity index (χ4n) is 4.84. The van der Waals surface area contributed by atoms with Gasteiger partial charge in [0.2, 0.25) is 6.10 Å². The largest absolute Gasteiger partial charge is 0.698 e. The van der Waals surface area contributed by atoms with Crippen LogP contribution in [0.5, 0.6) is 0 Å². The fourth-order valence-corrected chi connectivity index (χ4v) is 5.59. The van der Waals surface area contributed by atoms with E-state index in [-0.39, 0.29) is 32.6 Å². The zero-order valence-electron chi connectivity index (χ0n) is 26.5. The molecule has 1 aliphatic heterocycles. The molecule has 1 aliphatic rings. The number of rotatable bonds is 18. The molecule has 0 bridgehead atoms. The summed E-state index contributed by atoms with van der Waals surface area (Å²) in [5.41, 5.74) is 2.06. The highest BCUT2D eigenvalue weighted by atomic mass is 31.1. The number of amides is 1. The molecule has 1 saturated heterocycles. The second-order valence-electron chi connectivity index (χ2n) is 11.1. The van der Waals surface area contributed by atoms with Crippen molar-refractivity contribution in [1.82, 2.24) is 10.6 Å². The number of ether oxygens (including phenoxy) is 3. The van der Waals surface area contributed by atoms with Crippen molar-refractivity contribution in [3.8, 4) is 0 Å². The maximum absolute atomic E-state index is 13.0. The minimum absolute atomic E-state index is 0.0336. The Kier molecular flexibility index (Phi) is 15.2. The summed E-state index contributed by atoms with van der Waals surface area (Å²) in [5.74, 6) is -2.30. The van der Waals surface area contributed by atoms with E-state index in [4.69, 9.17) is 23.3 Å². The van der Waals surface area contributed by atoms with Gasteiger partial charge in [0.25, 0.3) is 0 Å². The number of alkyl carbamates (subject to hydrolysis) is 1. The standard InChI is InChI=1S/C35H39N2O10P/c38-32(28-17-8-3-9-18-28)45-29(23-26-13-4-1-5-14-26)25-44-48(42)47-31(34(40)46-33(39)30-19-12-22-36-30)20-10-11-21-37-35(41)43-24-27-15-6-2-7-16-27/h1-9,13-18,29-31,36H,10-12,19-25H2/p+1/t29?,30-,31?/m0/s1. The second-order valence-corrected chi connectivity index (χ2v) is 12.0. The Bertz CT molecular complexity index is 1470. The van der Waals surface area contributed by atoms with Crippen LogP contribution in [0.3, 0.4) is 0 Å². The summed E-state index contributed by atoms with van der Waals surface area (Å²) >= 11 is 0. The highest BCUT2D eigenvalue weighted by Gasteiger charge is 2.37.